The molecule has 5 heteroatoms. The summed E-state index contributed by atoms with van der Waals surface area (Å²) in [5, 5.41) is 0. The Bertz CT molecular complexity index is 575. The van der Waals surface area contributed by atoms with Crippen molar-refractivity contribution in [2.75, 3.05) is 12.5 Å². The molecule has 1 heterocycles. The summed E-state index contributed by atoms with van der Waals surface area (Å²) in [6.45, 7) is 6.19. The molecule has 96 valence electrons. The summed E-state index contributed by atoms with van der Waals surface area (Å²) in [5.74, 6) is 6.79. The molecule has 0 unspecified atom stereocenters. The number of hydrogen-bond acceptors (Lipinski definition) is 4. The number of aryl methyl sites for hydroxylation is 1. The zero-order valence-corrected chi connectivity index (χ0v) is 11.1. The van der Waals surface area contributed by atoms with E-state index in [-0.39, 0.29) is 0 Å². The van der Waals surface area contributed by atoms with Gasteiger partial charge in [-0.05, 0) is 43.5 Å². The van der Waals surface area contributed by atoms with Crippen molar-refractivity contribution in [3.8, 4) is 17.0 Å². The number of rotatable bonds is 3. The van der Waals surface area contributed by atoms with E-state index in [4.69, 9.17) is 10.6 Å². The number of hydrazine groups is 1. The molecule has 0 saturated heterocycles. The lowest BCUT2D eigenvalue weighted by Gasteiger charge is -2.14. The number of H-pyrrole nitrogens is 1. The predicted molar refractivity (Wildman–Crippen MR) is 72.6 cm³/mol. The average molecular weight is 246 g/mol. The molecule has 0 spiro atoms. The summed E-state index contributed by atoms with van der Waals surface area (Å²) in [6.07, 6.45) is 1.77. The first kappa shape index (κ1) is 12.4. The molecule has 0 radical (unpaired) electrons. The maximum absolute atomic E-state index is 5.37. The minimum absolute atomic E-state index is 0.553. The van der Waals surface area contributed by atoms with Gasteiger partial charge in [0.2, 0.25) is 5.95 Å². The fourth-order valence-electron chi connectivity index (χ4n) is 2.19. The molecule has 2 rings (SSSR count). The van der Waals surface area contributed by atoms with E-state index < -0.39 is 0 Å². The van der Waals surface area contributed by atoms with E-state index in [1.807, 2.05) is 6.07 Å². The number of hydrogen-bond donors (Lipinski definition) is 3. The molecule has 2 aromatic rings. The predicted octanol–water partition coefficient (Wildman–Crippen LogP) is 2.30. The maximum Gasteiger partial charge on any atom is 0.215 e. The largest absolute Gasteiger partial charge is 0.496 e. The number of nitrogens with two attached hydrogens (primary N) is 1. The Morgan fingerprint density at radius 3 is 2.56 bits per heavy atom. The summed E-state index contributed by atoms with van der Waals surface area (Å²) < 4.78 is 5.37. The molecule has 18 heavy (non-hydrogen) atoms. The fraction of sp³-hybridized carbons (Fsp3) is 0.308. The number of nitrogens with zero attached hydrogens (tertiary/aromatic N) is 1. The van der Waals surface area contributed by atoms with E-state index in [0.29, 0.717) is 5.95 Å². The van der Waals surface area contributed by atoms with E-state index in [0.717, 1.165) is 28.1 Å². The summed E-state index contributed by atoms with van der Waals surface area (Å²) >= 11 is 0. The Balaban J connectivity index is 2.60. The molecule has 1 aromatic carbocycles. The standard InChI is InChI=1S/C13H18N4O/c1-7-5-11(18-4)8(2)9(3)12(7)10-6-15-13(16-10)17-14/h5-6H,14H2,1-4H3,(H2,15,16,17). The van der Waals surface area contributed by atoms with Gasteiger partial charge in [-0.3, -0.25) is 5.43 Å². The summed E-state index contributed by atoms with van der Waals surface area (Å²) in [5.41, 5.74) is 8.05. The van der Waals surface area contributed by atoms with Crippen LogP contribution < -0.4 is 16.0 Å². The first-order valence-electron chi connectivity index (χ1n) is 5.75. The lowest BCUT2D eigenvalue weighted by atomic mass is 9.95. The van der Waals surface area contributed by atoms with Gasteiger partial charge in [0.05, 0.1) is 19.0 Å². The number of ether oxygens (including phenoxy) is 1. The van der Waals surface area contributed by atoms with Gasteiger partial charge in [0.15, 0.2) is 0 Å². The fourth-order valence-corrected chi connectivity index (χ4v) is 2.19. The Hall–Kier alpha value is -2.01. The third-order valence-corrected chi connectivity index (χ3v) is 3.25. The minimum atomic E-state index is 0.553. The van der Waals surface area contributed by atoms with Crippen LogP contribution in [-0.4, -0.2) is 17.1 Å². The molecule has 5 nitrogen and oxygen atoms in total. The Labute approximate surface area is 106 Å². The third kappa shape index (κ3) is 1.93. The Morgan fingerprint density at radius 2 is 2.00 bits per heavy atom. The quantitative estimate of drug-likeness (QED) is 0.573. The van der Waals surface area contributed by atoms with Crippen LogP contribution in [0.25, 0.3) is 11.3 Å². The van der Waals surface area contributed by atoms with E-state index in [1.165, 1.54) is 5.56 Å². The van der Waals surface area contributed by atoms with Gasteiger partial charge in [0, 0.05) is 5.56 Å². The number of nitrogens with one attached hydrogen (secondary N) is 2. The summed E-state index contributed by atoms with van der Waals surface area (Å²) in [4.78, 5) is 7.28. The van der Waals surface area contributed by atoms with Crippen LogP contribution in [0.3, 0.4) is 0 Å². The van der Waals surface area contributed by atoms with Gasteiger partial charge in [0.25, 0.3) is 0 Å². The van der Waals surface area contributed by atoms with Crippen LogP contribution in [0.1, 0.15) is 16.7 Å². The molecule has 0 aliphatic carbocycles. The van der Waals surface area contributed by atoms with Gasteiger partial charge in [0.1, 0.15) is 5.75 Å². The zero-order chi connectivity index (χ0) is 13.3. The van der Waals surface area contributed by atoms with Crippen LogP contribution in [0.15, 0.2) is 12.3 Å². The van der Waals surface area contributed by atoms with Crippen LogP contribution in [0.5, 0.6) is 5.75 Å². The topological polar surface area (TPSA) is 76.0 Å². The van der Waals surface area contributed by atoms with Crippen LogP contribution in [0, 0.1) is 20.8 Å². The molecule has 0 aliphatic heterocycles. The molecule has 0 fully saturated rings. The number of imidazole rings is 1. The normalized spacial score (nSPS) is 10.5. The van der Waals surface area contributed by atoms with E-state index in [2.05, 4.69) is 36.2 Å². The van der Waals surface area contributed by atoms with Crippen molar-refractivity contribution in [3.05, 3.63) is 29.0 Å². The maximum atomic E-state index is 5.37. The average Bonchev–Trinajstić information content (AvgIpc) is 2.82. The molecule has 4 N–H and O–H groups in total. The van der Waals surface area contributed by atoms with Gasteiger partial charge < -0.3 is 9.72 Å². The number of aromatic amines is 1. The van der Waals surface area contributed by atoms with Crippen molar-refractivity contribution >= 4 is 5.95 Å². The van der Waals surface area contributed by atoms with Crippen molar-refractivity contribution in [2.45, 2.75) is 20.8 Å². The van der Waals surface area contributed by atoms with E-state index in [1.54, 1.807) is 13.3 Å². The van der Waals surface area contributed by atoms with Crippen molar-refractivity contribution in [3.63, 3.8) is 0 Å². The third-order valence-electron chi connectivity index (χ3n) is 3.25. The minimum Gasteiger partial charge on any atom is -0.496 e. The van der Waals surface area contributed by atoms with Crippen LogP contribution in [0.2, 0.25) is 0 Å². The van der Waals surface area contributed by atoms with Crippen molar-refractivity contribution in [1.29, 1.82) is 0 Å². The highest BCUT2D eigenvalue weighted by Gasteiger charge is 2.14. The molecule has 0 aliphatic rings. The van der Waals surface area contributed by atoms with Crippen molar-refractivity contribution < 1.29 is 4.74 Å². The van der Waals surface area contributed by atoms with Crippen molar-refractivity contribution in [1.82, 2.24) is 9.97 Å². The molecule has 1 aromatic heterocycles. The van der Waals surface area contributed by atoms with Crippen LogP contribution in [-0.2, 0) is 0 Å². The van der Waals surface area contributed by atoms with Crippen molar-refractivity contribution in [2.24, 2.45) is 5.84 Å². The van der Waals surface area contributed by atoms with Crippen LogP contribution >= 0.6 is 0 Å². The second kappa shape index (κ2) is 4.70. The Morgan fingerprint density at radius 1 is 1.28 bits per heavy atom. The number of aromatic nitrogens is 2. The molecule has 0 atom stereocenters. The SMILES string of the molecule is COc1cc(C)c(-c2cnc(NN)[nH]2)c(C)c1C. The highest BCUT2D eigenvalue weighted by Crippen LogP contribution is 2.33. The molecular formula is C13H18N4O. The van der Waals surface area contributed by atoms with Gasteiger partial charge in [-0.1, -0.05) is 0 Å². The number of benzene rings is 1. The van der Waals surface area contributed by atoms with E-state index >= 15 is 0 Å². The lowest BCUT2D eigenvalue weighted by Crippen LogP contribution is -2.07. The second-order valence-electron chi connectivity index (χ2n) is 4.31. The highest BCUT2D eigenvalue weighted by atomic mass is 16.5. The summed E-state index contributed by atoms with van der Waals surface area (Å²) in [7, 11) is 1.69. The molecule has 0 saturated carbocycles. The van der Waals surface area contributed by atoms with Crippen LogP contribution in [0.4, 0.5) is 5.95 Å². The van der Waals surface area contributed by atoms with E-state index in [9.17, 15) is 0 Å². The zero-order valence-electron chi connectivity index (χ0n) is 11.1. The first-order valence-corrected chi connectivity index (χ1v) is 5.75. The number of nitrogen functional groups attached to an aromatic ring is 1. The molecule has 0 bridgehead atoms. The molecular weight excluding hydrogens is 228 g/mol. The first-order chi connectivity index (χ1) is 8.58. The smallest absolute Gasteiger partial charge is 0.215 e. The molecule has 0 amide bonds. The number of methoxy groups -OCH3 is 1. The van der Waals surface area contributed by atoms with Gasteiger partial charge >= 0.3 is 0 Å². The second-order valence-corrected chi connectivity index (χ2v) is 4.31. The monoisotopic (exact) mass is 246 g/mol. The number of anilines is 1. The van der Waals surface area contributed by atoms with Gasteiger partial charge in [-0.15, -0.1) is 0 Å². The highest BCUT2D eigenvalue weighted by molar-refractivity contribution is 5.71. The van der Waals surface area contributed by atoms with Gasteiger partial charge in [-0.25, -0.2) is 10.8 Å². The van der Waals surface area contributed by atoms with Gasteiger partial charge in [-0.2, -0.15) is 0 Å². The lowest BCUT2D eigenvalue weighted by molar-refractivity contribution is 0.411. The summed E-state index contributed by atoms with van der Waals surface area (Å²) in [6, 6.07) is 2.04. The Kier molecular flexibility index (Phi) is 3.25.